The van der Waals surface area contributed by atoms with Crippen LogP contribution in [0.4, 0.5) is 5.69 Å². The first-order valence-electron chi connectivity index (χ1n) is 8.10. The fourth-order valence-corrected chi connectivity index (χ4v) is 1.89. The van der Waals surface area contributed by atoms with Gasteiger partial charge in [-0.05, 0) is 25.0 Å². The molecule has 0 saturated carbocycles. The summed E-state index contributed by atoms with van der Waals surface area (Å²) >= 11 is 0. The van der Waals surface area contributed by atoms with Crippen LogP contribution in [-0.2, 0) is 0 Å². The van der Waals surface area contributed by atoms with Crippen LogP contribution in [0.2, 0.25) is 0 Å². The topological polar surface area (TPSA) is 3.24 Å². The van der Waals surface area contributed by atoms with E-state index < -0.39 is 0 Å². The number of rotatable bonds is 7. The van der Waals surface area contributed by atoms with E-state index in [0.717, 1.165) is 25.9 Å². The second kappa shape index (κ2) is 11.9. The lowest BCUT2D eigenvalue weighted by Gasteiger charge is -2.19. The van der Waals surface area contributed by atoms with Crippen molar-refractivity contribution in [2.75, 3.05) is 18.0 Å². The summed E-state index contributed by atoms with van der Waals surface area (Å²) in [4.78, 5) is 2.25. The zero-order valence-electron chi connectivity index (χ0n) is 13.5. The summed E-state index contributed by atoms with van der Waals surface area (Å²) < 4.78 is 0. The van der Waals surface area contributed by atoms with Crippen molar-refractivity contribution >= 4 is 5.69 Å². The number of hydrogen-bond acceptors (Lipinski definition) is 1. The van der Waals surface area contributed by atoms with Crippen LogP contribution in [0.1, 0.15) is 52.4 Å². The predicted octanol–water partition coefficient (Wildman–Crippen LogP) is 4.88. The highest BCUT2D eigenvalue weighted by Crippen LogP contribution is 2.11. The molecule has 0 N–H and O–H groups in total. The molecule has 1 rings (SSSR count). The summed E-state index contributed by atoms with van der Waals surface area (Å²) in [6.45, 7) is 5.92. The molecule has 0 atom stereocenters. The van der Waals surface area contributed by atoms with Gasteiger partial charge in [0.15, 0.2) is 0 Å². The van der Waals surface area contributed by atoms with Crippen molar-refractivity contribution in [1.82, 2.24) is 0 Å². The molecule has 0 radical (unpaired) electrons. The van der Waals surface area contributed by atoms with Crippen LogP contribution < -0.4 is 4.90 Å². The standard InChI is InChI=1S/C20H27N/c1-3-5-7-9-14-18-21(19-15-10-8-6-4-2)20-16-12-11-13-17-20/h11-13,16-17H,3-8,18-19H2,1-2H3. The van der Waals surface area contributed by atoms with Gasteiger partial charge in [0.25, 0.3) is 0 Å². The fraction of sp³-hybridized carbons (Fsp3) is 0.500. The molecule has 1 aromatic rings. The molecule has 0 bridgehead atoms. The number of unbranched alkanes of at least 4 members (excludes halogenated alkanes) is 4. The number of nitrogens with zero attached hydrogens (tertiary/aromatic N) is 1. The molecule has 112 valence electrons. The van der Waals surface area contributed by atoms with Gasteiger partial charge in [-0.15, -0.1) is 11.8 Å². The maximum Gasteiger partial charge on any atom is 0.0804 e. The Hall–Kier alpha value is -1.86. The van der Waals surface area contributed by atoms with Crippen LogP contribution in [0.25, 0.3) is 0 Å². The normalized spacial score (nSPS) is 9.24. The van der Waals surface area contributed by atoms with E-state index >= 15 is 0 Å². The van der Waals surface area contributed by atoms with Crippen LogP contribution in [0, 0.1) is 23.7 Å². The van der Waals surface area contributed by atoms with E-state index in [4.69, 9.17) is 0 Å². The third-order valence-corrected chi connectivity index (χ3v) is 3.22. The van der Waals surface area contributed by atoms with Gasteiger partial charge in [-0.1, -0.05) is 56.7 Å². The monoisotopic (exact) mass is 281 g/mol. The van der Waals surface area contributed by atoms with Crippen LogP contribution in [0.5, 0.6) is 0 Å². The number of anilines is 1. The lowest BCUT2D eigenvalue weighted by molar-refractivity contribution is 0.826. The van der Waals surface area contributed by atoms with E-state index in [9.17, 15) is 0 Å². The summed E-state index contributed by atoms with van der Waals surface area (Å²) in [5.41, 5.74) is 1.20. The molecule has 0 heterocycles. The Bertz CT molecular complexity index is 453. The zero-order chi connectivity index (χ0) is 15.2. The number of para-hydroxylation sites is 1. The Morgan fingerprint density at radius 2 is 1.29 bits per heavy atom. The largest absolute Gasteiger partial charge is 0.349 e. The highest BCUT2D eigenvalue weighted by Gasteiger charge is 2.01. The highest BCUT2D eigenvalue weighted by molar-refractivity contribution is 5.48. The molecular weight excluding hydrogens is 254 g/mol. The lowest BCUT2D eigenvalue weighted by atomic mass is 10.2. The quantitative estimate of drug-likeness (QED) is 0.508. The maximum atomic E-state index is 3.28. The predicted molar refractivity (Wildman–Crippen MR) is 93.3 cm³/mol. The molecule has 0 aromatic heterocycles. The molecule has 0 spiro atoms. The molecule has 0 unspecified atom stereocenters. The third-order valence-electron chi connectivity index (χ3n) is 3.22. The minimum Gasteiger partial charge on any atom is -0.349 e. The van der Waals surface area contributed by atoms with Gasteiger partial charge in [0, 0.05) is 18.5 Å². The van der Waals surface area contributed by atoms with Crippen molar-refractivity contribution in [1.29, 1.82) is 0 Å². The molecule has 0 aliphatic carbocycles. The number of hydrogen-bond donors (Lipinski definition) is 0. The first-order chi connectivity index (χ1) is 10.4. The van der Waals surface area contributed by atoms with Gasteiger partial charge in [-0.3, -0.25) is 0 Å². The van der Waals surface area contributed by atoms with Gasteiger partial charge in [0.1, 0.15) is 0 Å². The van der Waals surface area contributed by atoms with E-state index in [1.165, 1.54) is 31.4 Å². The molecule has 0 amide bonds. The molecule has 1 aromatic carbocycles. The van der Waals surface area contributed by atoms with Gasteiger partial charge in [-0.2, -0.15) is 0 Å². The van der Waals surface area contributed by atoms with Gasteiger partial charge in [0.05, 0.1) is 13.1 Å². The van der Waals surface area contributed by atoms with E-state index in [-0.39, 0.29) is 0 Å². The SMILES string of the molecule is CCCCC#CCN(CC#CCCCC)c1ccccc1. The Labute approximate surface area is 130 Å². The van der Waals surface area contributed by atoms with Crippen molar-refractivity contribution in [3.8, 4) is 23.7 Å². The molecule has 0 aliphatic heterocycles. The van der Waals surface area contributed by atoms with Crippen molar-refractivity contribution in [3.63, 3.8) is 0 Å². The van der Waals surface area contributed by atoms with E-state index in [0.29, 0.717) is 0 Å². The summed E-state index contributed by atoms with van der Waals surface area (Å²) in [7, 11) is 0. The summed E-state index contributed by atoms with van der Waals surface area (Å²) in [6.07, 6.45) is 6.80. The molecule has 0 fully saturated rings. The van der Waals surface area contributed by atoms with E-state index in [1.54, 1.807) is 0 Å². The third kappa shape index (κ3) is 8.11. The van der Waals surface area contributed by atoms with Gasteiger partial charge in [-0.25, -0.2) is 0 Å². The summed E-state index contributed by atoms with van der Waals surface area (Å²) in [6, 6.07) is 10.4. The molecule has 1 nitrogen and oxygen atoms in total. The summed E-state index contributed by atoms with van der Waals surface area (Å²) in [5.74, 6) is 13.1. The van der Waals surface area contributed by atoms with Gasteiger partial charge >= 0.3 is 0 Å². The molecule has 0 aliphatic rings. The van der Waals surface area contributed by atoms with Crippen molar-refractivity contribution in [2.45, 2.75) is 52.4 Å². The smallest absolute Gasteiger partial charge is 0.0804 e. The van der Waals surface area contributed by atoms with E-state index in [1.807, 2.05) is 6.07 Å². The van der Waals surface area contributed by atoms with Crippen LogP contribution in [-0.4, -0.2) is 13.1 Å². The number of benzene rings is 1. The highest BCUT2D eigenvalue weighted by atomic mass is 15.1. The lowest BCUT2D eigenvalue weighted by Crippen LogP contribution is -2.23. The Balaban J connectivity index is 2.57. The van der Waals surface area contributed by atoms with E-state index in [2.05, 4.69) is 66.7 Å². The molecule has 21 heavy (non-hydrogen) atoms. The van der Waals surface area contributed by atoms with Crippen LogP contribution in [0.15, 0.2) is 30.3 Å². The van der Waals surface area contributed by atoms with Crippen molar-refractivity contribution < 1.29 is 0 Å². The average molecular weight is 281 g/mol. The molecule has 1 heteroatoms. The summed E-state index contributed by atoms with van der Waals surface area (Å²) in [5, 5.41) is 0. The first kappa shape index (κ1) is 17.2. The Morgan fingerprint density at radius 3 is 1.76 bits per heavy atom. The fourth-order valence-electron chi connectivity index (χ4n) is 1.89. The second-order valence-corrected chi connectivity index (χ2v) is 5.11. The van der Waals surface area contributed by atoms with Crippen molar-refractivity contribution in [3.05, 3.63) is 30.3 Å². The van der Waals surface area contributed by atoms with Crippen LogP contribution in [0.3, 0.4) is 0 Å². The second-order valence-electron chi connectivity index (χ2n) is 5.11. The minimum atomic E-state index is 0.760. The van der Waals surface area contributed by atoms with Gasteiger partial charge < -0.3 is 4.90 Å². The first-order valence-corrected chi connectivity index (χ1v) is 8.10. The molecule has 0 saturated heterocycles. The average Bonchev–Trinajstić information content (AvgIpc) is 2.53. The maximum absolute atomic E-state index is 3.28. The van der Waals surface area contributed by atoms with Crippen LogP contribution >= 0.6 is 0 Å². The van der Waals surface area contributed by atoms with Crippen molar-refractivity contribution in [2.24, 2.45) is 0 Å². The minimum absolute atomic E-state index is 0.760. The zero-order valence-corrected chi connectivity index (χ0v) is 13.5. The Morgan fingerprint density at radius 1 is 0.762 bits per heavy atom. The Kier molecular flexibility index (Phi) is 9.76. The molecular formula is C20H27N. The van der Waals surface area contributed by atoms with Gasteiger partial charge in [0.2, 0.25) is 0 Å².